The van der Waals surface area contributed by atoms with Gasteiger partial charge < -0.3 is 9.64 Å². The van der Waals surface area contributed by atoms with E-state index in [0.29, 0.717) is 55.6 Å². The number of aromatic nitrogens is 4. The van der Waals surface area contributed by atoms with Crippen molar-refractivity contribution in [2.24, 2.45) is 0 Å². The van der Waals surface area contributed by atoms with Gasteiger partial charge in [-0.15, -0.1) is 0 Å². The number of aryl methyl sites for hydroxylation is 3. The van der Waals surface area contributed by atoms with Gasteiger partial charge in [-0.25, -0.2) is 13.4 Å². The molecule has 3 heterocycles. The van der Waals surface area contributed by atoms with Crippen LogP contribution in [0, 0.1) is 20.8 Å². The molecule has 0 bridgehead atoms. The summed E-state index contributed by atoms with van der Waals surface area (Å²) in [6.45, 7) is 9.05. The SMILES string of the molecule is CCOC(=O)CCc1c(C)nc2ncnn2c1N1CCN(S(=O)(=O)c2cc(C)c(Cl)cc2C)CC1. The number of carbonyl (C=O) groups excluding carboxylic acids is 1. The van der Waals surface area contributed by atoms with Crippen LogP contribution in [0.15, 0.2) is 23.4 Å². The van der Waals surface area contributed by atoms with E-state index in [1.54, 1.807) is 37.4 Å². The van der Waals surface area contributed by atoms with Crippen LogP contribution in [0.5, 0.6) is 0 Å². The second-order valence-electron chi connectivity index (χ2n) is 8.53. The number of nitrogens with zero attached hydrogens (tertiary/aromatic N) is 6. The maximum Gasteiger partial charge on any atom is 0.306 e. The van der Waals surface area contributed by atoms with Crippen molar-refractivity contribution < 1.29 is 17.9 Å². The molecule has 2 aromatic heterocycles. The molecule has 0 spiro atoms. The van der Waals surface area contributed by atoms with Crippen LogP contribution in [0.1, 0.15) is 35.7 Å². The van der Waals surface area contributed by atoms with Crippen molar-refractivity contribution in [2.45, 2.75) is 45.4 Å². The van der Waals surface area contributed by atoms with Crippen LogP contribution in [-0.4, -0.2) is 71.1 Å². The third-order valence-corrected chi connectivity index (χ3v) is 8.65. The number of hydrogen-bond donors (Lipinski definition) is 0. The van der Waals surface area contributed by atoms with Gasteiger partial charge in [0.25, 0.3) is 5.78 Å². The molecule has 0 aliphatic carbocycles. The number of esters is 1. The van der Waals surface area contributed by atoms with E-state index in [0.717, 1.165) is 22.6 Å². The minimum atomic E-state index is -3.68. The maximum absolute atomic E-state index is 13.4. The molecule has 1 fully saturated rings. The lowest BCUT2D eigenvalue weighted by Gasteiger charge is -2.36. The molecule has 0 saturated carbocycles. The number of halogens is 1. The van der Waals surface area contributed by atoms with E-state index in [2.05, 4.69) is 20.0 Å². The third kappa shape index (κ3) is 4.98. The van der Waals surface area contributed by atoms with Crippen molar-refractivity contribution in [1.82, 2.24) is 23.9 Å². The Morgan fingerprint density at radius 3 is 2.51 bits per heavy atom. The van der Waals surface area contributed by atoms with Gasteiger partial charge in [0.05, 0.1) is 11.5 Å². The van der Waals surface area contributed by atoms with Crippen LogP contribution in [0.2, 0.25) is 5.02 Å². The van der Waals surface area contributed by atoms with Crippen LogP contribution < -0.4 is 4.90 Å². The molecule has 12 heteroatoms. The predicted molar refractivity (Wildman–Crippen MR) is 132 cm³/mol. The molecule has 1 aliphatic heterocycles. The standard InChI is InChI=1S/C23H29ClN6O4S/c1-5-34-21(31)7-6-18-17(4)27-23-25-14-26-30(23)22(18)28-8-10-29(11-9-28)35(32,33)20-13-15(2)19(24)12-16(20)3/h12-14H,5-11H2,1-4H3. The normalized spacial score (nSPS) is 15.1. The Morgan fingerprint density at radius 1 is 1.11 bits per heavy atom. The monoisotopic (exact) mass is 520 g/mol. The Bertz CT molecular complexity index is 1370. The number of fused-ring (bicyclic) bond motifs is 1. The van der Waals surface area contributed by atoms with Crippen molar-refractivity contribution in [1.29, 1.82) is 0 Å². The average Bonchev–Trinajstić information content (AvgIpc) is 3.27. The quantitative estimate of drug-likeness (QED) is 0.437. The molecule has 188 valence electrons. The molecule has 0 unspecified atom stereocenters. The highest BCUT2D eigenvalue weighted by molar-refractivity contribution is 7.89. The number of ether oxygens (including phenoxy) is 1. The fourth-order valence-corrected chi connectivity index (χ4v) is 6.29. The van der Waals surface area contributed by atoms with E-state index in [1.165, 1.54) is 10.6 Å². The minimum Gasteiger partial charge on any atom is -0.466 e. The lowest BCUT2D eigenvalue weighted by molar-refractivity contribution is -0.143. The zero-order valence-electron chi connectivity index (χ0n) is 20.3. The van der Waals surface area contributed by atoms with Gasteiger partial charge >= 0.3 is 5.97 Å². The van der Waals surface area contributed by atoms with E-state index in [1.807, 2.05) is 6.92 Å². The second-order valence-corrected chi connectivity index (χ2v) is 10.8. The van der Waals surface area contributed by atoms with Crippen molar-refractivity contribution >= 4 is 39.2 Å². The van der Waals surface area contributed by atoms with Crippen LogP contribution in [0.3, 0.4) is 0 Å². The molecule has 4 rings (SSSR count). The van der Waals surface area contributed by atoms with Crippen molar-refractivity contribution in [2.75, 3.05) is 37.7 Å². The summed E-state index contributed by atoms with van der Waals surface area (Å²) in [6.07, 6.45) is 2.09. The van der Waals surface area contributed by atoms with Gasteiger partial charge in [-0.3, -0.25) is 4.79 Å². The van der Waals surface area contributed by atoms with E-state index in [-0.39, 0.29) is 17.3 Å². The lowest BCUT2D eigenvalue weighted by atomic mass is 10.1. The number of piperazine rings is 1. The number of hydrogen-bond acceptors (Lipinski definition) is 8. The maximum atomic E-state index is 13.4. The lowest BCUT2D eigenvalue weighted by Crippen LogP contribution is -2.49. The molecule has 0 atom stereocenters. The summed E-state index contributed by atoms with van der Waals surface area (Å²) in [5.74, 6) is 0.964. The molecule has 0 amide bonds. The van der Waals surface area contributed by atoms with Crippen LogP contribution in [-0.2, 0) is 26.0 Å². The summed E-state index contributed by atoms with van der Waals surface area (Å²) in [5, 5.41) is 4.89. The molecule has 0 radical (unpaired) electrons. The van der Waals surface area contributed by atoms with Crippen LogP contribution in [0.4, 0.5) is 5.82 Å². The van der Waals surface area contributed by atoms with Gasteiger partial charge in [-0.1, -0.05) is 11.6 Å². The zero-order valence-corrected chi connectivity index (χ0v) is 21.9. The molecular weight excluding hydrogens is 492 g/mol. The van der Waals surface area contributed by atoms with E-state index >= 15 is 0 Å². The summed E-state index contributed by atoms with van der Waals surface area (Å²) in [4.78, 5) is 23.1. The third-order valence-electron chi connectivity index (χ3n) is 6.20. The summed E-state index contributed by atoms with van der Waals surface area (Å²) in [6, 6.07) is 3.33. The highest BCUT2D eigenvalue weighted by atomic mass is 35.5. The Hall–Kier alpha value is -2.76. The van der Waals surface area contributed by atoms with E-state index < -0.39 is 10.0 Å². The molecule has 3 aromatic rings. The van der Waals surface area contributed by atoms with Crippen molar-refractivity contribution in [3.8, 4) is 0 Å². The van der Waals surface area contributed by atoms with Gasteiger partial charge in [0.2, 0.25) is 10.0 Å². The predicted octanol–water partition coefficient (Wildman–Crippen LogP) is 2.71. The summed E-state index contributed by atoms with van der Waals surface area (Å²) in [7, 11) is -3.68. The summed E-state index contributed by atoms with van der Waals surface area (Å²) >= 11 is 6.17. The number of sulfonamides is 1. The topological polar surface area (TPSA) is 110 Å². The molecule has 1 aromatic carbocycles. The van der Waals surface area contributed by atoms with Gasteiger partial charge in [0.15, 0.2) is 0 Å². The first kappa shape index (κ1) is 25.3. The average molecular weight is 521 g/mol. The Morgan fingerprint density at radius 2 is 1.83 bits per heavy atom. The second kappa shape index (κ2) is 10.1. The highest BCUT2D eigenvalue weighted by Gasteiger charge is 2.32. The Labute approximate surface area is 209 Å². The fourth-order valence-electron chi connectivity index (χ4n) is 4.36. The Balaban J connectivity index is 1.60. The molecule has 35 heavy (non-hydrogen) atoms. The molecule has 0 N–H and O–H groups in total. The summed E-state index contributed by atoms with van der Waals surface area (Å²) in [5.41, 5.74) is 2.98. The van der Waals surface area contributed by atoms with E-state index in [9.17, 15) is 13.2 Å². The molecule has 1 saturated heterocycles. The minimum absolute atomic E-state index is 0.215. The Kier molecular flexibility index (Phi) is 7.30. The van der Waals surface area contributed by atoms with Gasteiger partial charge in [0.1, 0.15) is 12.1 Å². The first-order valence-corrected chi connectivity index (χ1v) is 13.3. The number of rotatable bonds is 7. The first-order chi connectivity index (χ1) is 16.6. The number of carbonyl (C=O) groups is 1. The van der Waals surface area contributed by atoms with Crippen LogP contribution >= 0.6 is 11.6 Å². The highest BCUT2D eigenvalue weighted by Crippen LogP contribution is 2.29. The molecule has 1 aliphatic rings. The fraction of sp³-hybridized carbons (Fsp3) is 0.478. The van der Waals surface area contributed by atoms with E-state index in [4.69, 9.17) is 16.3 Å². The van der Waals surface area contributed by atoms with Crippen LogP contribution in [0.25, 0.3) is 5.78 Å². The molecule has 10 nitrogen and oxygen atoms in total. The van der Waals surface area contributed by atoms with Gasteiger partial charge in [0, 0.05) is 48.9 Å². The molecular formula is C23H29ClN6O4S. The summed E-state index contributed by atoms with van der Waals surface area (Å²) < 4.78 is 35.1. The largest absolute Gasteiger partial charge is 0.466 e. The smallest absolute Gasteiger partial charge is 0.306 e. The first-order valence-electron chi connectivity index (χ1n) is 11.5. The number of benzene rings is 1. The zero-order chi connectivity index (χ0) is 25.3. The van der Waals surface area contributed by atoms with Crippen molar-refractivity contribution in [3.63, 3.8) is 0 Å². The van der Waals surface area contributed by atoms with Gasteiger partial charge in [-0.05, 0) is 57.4 Å². The van der Waals surface area contributed by atoms with Gasteiger partial charge in [-0.2, -0.15) is 18.9 Å². The van der Waals surface area contributed by atoms with Crippen molar-refractivity contribution in [3.05, 3.63) is 45.9 Å². The number of anilines is 1.